The number of methoxy groups -OCH3 is 2. The van der Waals surface area contributed by atoms with Gasteiger partial charge in [0, 0.05) is 24.7 Å². The van der Waals surface area contributed by atoms with Gasteiger partial charge >= 0.3 is 6.03 Å². The Morgan fingerprint density at radius 2 is 1.93 bits per heavy atom. The predicted molar refractivity (Wildman–Crippen MR) is 101 cm³/mol. The first kappa shape index (κ1) is 19.9. The Balaban J connectivity index is 1.76. The molecule has 0 radical (unpaired) electrons. The van der Waals surface area contributed by atoms with Crippen LogP contribution in [0.15, 0.2) is 22.7 Å². The zero-order chi connectivity index (χ0) is 20.1. The number of morpholine rings is 1. The summed E-state index contributed by atoms with van der Waals surface area (Å²) >= 11 is 0. The van der Waals surface area contributed by atoms with E-state index in [1.165, 1.54) is 0 Å². The van der Waals surface area contributed by atoms with E-state index in [9.17, 15) is 4.79 Å². The highest BCUT2D eigenvalue weighted by Crippen LogP contribution is 2.31. The van der Waals surface area contributed by atoms with Crippen molar-refractivity contribution >= 4 is 6.03 Å². The van der Waals surface area contributed by atoms with E-state index >= 15 is 0 Å². The zero-order valence-corrected chi connectivity index (χ0v) is 16.7. The van der Waals surface area contributed by atoms with E-state index in [1.807, 2.05) is 19.9 Å². The number of carbonyl (C=O) groups excluding carboxylic acids is 1. The molecule has 28 heavy (non-hydrogen) atoms. The van der Waals surface area contributed by atoms with Crippen molar-refractivity contribution in [2.75, 3.05) is 40.5 Å². The number of aromatic nitrogens is 2. The summed E-state index contributed by atoms with van der Waals surface area (Å²) < 4.78 is 21.3. The molecule has 152 valence electrons. The Hall–Kier alpha value is -2.81. The van der Waals surface area contributed by atoms with Crippen LogP contribution in [-0.4, -0.2) is 72.5 Å². The third-order valence-corrected chi connectivity index (χ3v) is 4.57. The van der Waals surface area contributed by atoms with Crippen molar-refractivity contribution in [2.45, 2.75) is 26.4 Å². The third-order valence-electron chi connectivity index (χ3n) is 4.57. The van der Waals surface area contributed by atoms with Gasteiger partial charge in [-0.1, -0.05) is 5.16 Å². The molecule has 2 amide bonds. The van der Waals surface area contributed by atoms with E-state index in [0.29, 0.717) is 49.5 Å². The molecule has 2 aromatic rings. The van der Waals surface area contributed by atoms with Gasteiger partial charge in [-0.05, 0) is 32.0 Å². The van der Waals surface area contributed by atoms with Crippen LogP contribution in [0.5, 0.6) is 11.5 Å². The second kappa shape index (κ2) is 8.92. The van der Waals surface area contributed by atoms with Crippen LogP contribution < -0.4 is 9.47 Å². The molecule has 0 spiro atoms. The van der Waals surface area contributed by atoms with E-state index < -0.39 is 0 Å². The fourth-order valence-corrected chi connectivity index (χ4v) is 2.96. The van der Waals surface area contributed by atoms with Crippen LogP contribution in [0.2, 0.25) is 0 Å². The van der Waals surface area contributed by atoms with Gasteiger partial charge in [-0.3, -0.25) is 0 Å². The molecule has 0 N–H and O–H groups in total. The Morgan fingerprint density at radius 3 is 2.57 bits per heavy atom. The lowest BCUT2D eigenvalue weighted by Crippen LogP contribution is -2.50. The molecule has 1 aromatic carbocycles. The zero-order valence-electron chi connectivity index (χ0n) is 16.7. The number of hydrogen-bond acceptors (Lipinski definition) is 7. The summed E-state index contributed by atoms with van der Waals surface area (Å²) in [4.78, 5) is 20.8. The van der Waals surface area contributed by atoms with Crippen LogP contribution in [0.25, 0.3) is 11.4 Å². The standard InChI is InChI=1S/C19H26N4O5/c1-13(2)23(19(24)22-7-9-27-10-8-22)12-17-20-18(21-28-17)14-5-6-15(25-3)16(11-14)26-4/h5-6,11,13H,7-10,12H2,1-4H3. The number of hydrogen-bond donors (Lipinski definition) is 0. The summed E-state index contributed by atoms with van der Waals surface area (Å²) in [6, 6.07) is 5.34. The third kappa shape index (κ3) is 4.36. The van der Waals surface area contributed by atoms with Gasteiger partial charge in [0.25, 0.3) is 0 Å². The number of benzene rings is 1. The number of urea groups is 1. The Kier molecular flexibility index (Phi) is 6.35. The second-order valence-corrected chi connectivity index (χ2v) is 6.69. The van der Waals surface area contributed by atoms with Crippen molar-refractivity contribution in [2.24, 2.45) is 0 Å². The number of carbonyl (C=O) groups is 1. The highest BCUT2D eigenvalue weighted by atomic mass is 16.5. The SMILES string of the molecule is COc1ccc(-c2noc(CN(C(=O)N3CCOCC3)C(C)C)n2)cc1OC. The minimum absolute atomic E-state index is 0.00762. The predicted octanol–water partition coefficient (Wildman–Crippen LogP) is 2.42. The molecular formula is C19H26N4O5. The van der Waals surface area contributed by atoms with E-state index in [1.54, 1.807) is 36.2 Å². The first-order valence-electron chi connectivity index (χ1n) is 9.21. The van der Waals surface area contributed by atoms with Gasteiger partial charge in [-0.15, -0.1) is 0 Å². The van der Waals surface area contributed by atoms with Crippen LogP contribution >= 0.6 is 0 Å². The fraction of sp³-hybridized carbons (Fsp3) is 0.526. The minimum Gasteiger partial charge on any atom is -0.493 e. The number of ether oxygens (including phenoxy) is 3. The van der Waals surface area contributed by atoms with Gasteiger partial charge in [0.05, 0.1) is 27.4 Å². The van der Waals surface area contributed by atoms with E-state index in [2.05, 4.69) is 10.1 Å². The lowest BCUT2D eigenvalue weighted by molar-refractivity contribution is 0.0385. The van der Waals surface area contributed by atoms with Gasteiger partial charge in [0.15, 0.2) is 11.5 Å². The first-order chi connectivity index (χ1) is 13.5. The van der Waals surface area contributed by atoms with Crippen molar-refractivity contribution in [3.8, 4) is 22.9 Å². The quantitative estimate of drug-likeness (QED) is 0.748. The van der Waals surface area contributed by atoms with E-state index in [0.717, 1.165) is 5.56 Å². The highest BCUT2D eigenvalue weighted by Gasteiger charge is 2.26. The summed E-state index contributed by atoms with van der Waals surface area (Å²) in [6.45, 7) is 6.46. The van der Waals surface area contributed by atoms with Crippen molar-refractivity contribution in [1.82, 2.24) is 19.9 Å². The molecule has 1 aromatic heterocycles. The summed E-state index contributed by atoms with van der Waals surface area (Å²) in [5, 5.41) is 4.05. The molecule has 1 fully saturated rings. The number of rotatable bonds is 6. The van der Waals surface area contributed by atoms with Crippen LogP contribution in [0.3, 0.4) is 0 Å². The van der Waals surface area contributed by atoms with Gasteiger partial charge in [-0.2, -0.15) is 4.98 Å². The van der Waals surface area contributed by atoms with Crippen molar-refractivity contribution in [3.05, 3.63) is 24.1 Å². The normalized spacial score (nSPS) is 14.2. The van der Waals surface area contributed by atoms with E-state index in [-0.39, 0.29) is 18.6 Å². The summed E-state index contributed by atoms with van der Waals surface area (Å²) in [5.41, 5.74) is 0.739. The molecule has 0 bridgehead atoms. The van der Waals surface area contributed by atoms with Crippen LogP contribution in [-0.2, 0) is 11.3 Å². The Bertz CT molecular complexity index is 801. The summed E-state index contributed by atoms with van der Waals surface area (Å²) in [5.74, 6) is 2.01. The topological polar surface area (TPSA) is 90.2 Å². The van der Waals surface area contributed by atoms with E-state index in [4.69, 9.17) is 18.7 Å². The summed E-state index contributed by atoms with van der Waals surface area (Å²) in [7, 11) is 3.15. The van der Waals surface area contributed by atoms with Gasteiger partial charge < -0.3 is 28.5 Å². The van der Waals surface area contributed by atoms with Crippen LogP contribution in [0, 0.1) is 0 Å². The van der Waals surface area contributed by atoms with Crippen molar-refractivity contribution in [3.63, 3.8) is 0 Å². The molecule has 0 atom stereocenters. The van der Waals surface area contributed by atoms with Gasteiger partial charge in [0.1, 0.15) is 6.54 Å². The lowest BCUT2D eigenvalue weighted by atomic mass is 10.2. The molecule has 0 aliphatic carbocycles. The fourth-order valence-electron chi connectivity index (χ4n) is 2.96. The molecule has 0 unspecified atom stereocenters. The molecule has 1 saturated heterocycles. The molecule has 2 heterocycles. The maximum Gasteiger partial charge on any atom is 0.320 e. The first-order valence-corrected chi connectivity index (χ1v) is 9.21. The molecule has 9 nitrogen and oxygen atoms in total. The number of amides is 2. The molecule has 1 aliphatic rings. The number of nitrogens with zero attached hydrogens (tertiary/aromatic N) is 4. The Morgan fingerprint density at radius 1 is 1.21 bits per heavy atom. The highest BCUT2D eigenvalue weighted by molar-refractivity contribution is 5.74. The molecule has 0 saturated carbocycles. The van der Waals surface area contributed by atoms with Gasteiger partial charge in [0.2, 0.25) is 11.7 Å². The molecule has 1 aliphatic heterocycles. The minimum atomic E-state index is -0.0517. The van der Waals surface area contributed by atoms with Crippen molar-refractivity contribution in [1.29, 1.82) is 0 Å². The molecular weight excluding hydrogens is 364 g/mol. The van der Waals surface area contributed by atoms with Crippen molar-refractivity contribution < 1.29 is 23.5 Å². The summed E-state index contributed by atoms with van der Waals surface area (Å²) in [6.07, 6.45) is 0. The van der Waals surface area contributed by atoms with Crippen LogP contribution in [0.1, 0.15) is 19.7 Å². The monoisotopic (exact) mass is 390 g/mol. The molecule has 9 heteroatoms. The van der Waals surface area contributed by atoms with Gasteiger partial charge in [-0.25, -0.2) is 4.79 Å². The largest absolute Gasteiger partial charge is 0.493 e. The molecule has 3 rings (SSSR count). The average molecular weight is 390 g/mol. The maximum atomic E-state index is 12.9. The smallest absolute Gasteiger partial charge is 0.320 e. The maximum absolute atomic E-state index is 12.9. The Labute approximate surface area is 164 Å². The second-order valence-electron chi connectivity index (χ2n) is 6.69. The van der Waals surface area contributed by atoms with Crippen LogP contribution in [0.4, 0.5) is 4.79 Å². The lowest BCUT2D eigenvalue weighted by Gasteiger charge is -2.34. The average Bonchev–Trinajstić information content (AvgIpc) is 3.20.